The number of imidazole rings is 1. The highest BCUT2D eigenvalue weighted by Gasteiger charge is 2.29. The van der Waals surface area contributed by atoms with E-state index in [4.69, 9.17) is 4.98 Å². The summed E-state index contributed by atoms with van der Waals surface area (Å²) in [6.07, 6.45) is 4.53. The second kappa shape index (κ2) is 11.9. The summed E-state index contributed by atoms with van der Waals surface area (Å²) in [7, 11) is 0. The first-order valence-electron chi connectivity index (χ1n) is 13.8. The zero-order chi connectivity index (χ0) is 29.1. The topological polar surface area (TPSA) is 92.2 Å². The van der Waals surface area contributed by atoms with Crippen molar-refractivity contribution in [3.8, 4) is 10.4 Å². The zero-order valence-electron chi connectivity index (χ0n) is 23.6. The number of carbonyl (C=O) groups excluding carboxylic acids is 2. The van der Waals surface area contributed by atoms with Crippen LogP contribution in [-0.2, 0) is 17.9 Å². The maximum absolute atomic E-state index is 13.6. The summed E-state index contributed by atoms with van der Waals surface area (Å²) in [5.74, 6) is -0.537. The first kappa shape index (κ1) is 28.6. The molecular weight excluding hydrogens is 539 g/mol. The summed E-state index contributed by atoms with van der Waals surface area (Å²) in [6.45, 7) is 13.0. The molecule has 1 aromatic carbocycles. The van der Waals surface area contributed by atoms with E-state index in [-0.39, 0.29) is 23.3 Å². The number of likely N-dealkylation sites (tertiary alicyclic amines) is 1. The number of nitrogens with zero attached hydrogens (tertiary/aromatic N) is 4. The van der Waals surface area contributed by atoms with Crippen LogP contribution in [-0.4, -0.2) is 50.4 Å². The van der Waals surface area contributed by atoms with Crippen LogP contribution in [0.5, 0.6) is 0 Å². The van der Waals surface area contributed by atoms with Crippen molar-refractivity contribution in [2.45, 2.75) is 52.7 Å². The minimum atomic E-state index is -0.570. The normalized spacial score (nSPS) is 15.4. The molecular formula is C31H35FN6O2S. The van der Waals surface area contributed by atoms with Crippen molar-refractivity contribution in [2.24, 2.45) is 5.41 Å². The van der Waals surface area contributed by atoms with Gasteiger partial charge in [0.2, 0.25) is 17.8 Å². The summed E-state index contributed by atoms with van der Waals surface area (Å²) in [6, 6.07) is 12.7. The molecule has 10 heteroatoms. The standard InChI is InChI=1S/C31H35FN6O2S/c1-5-28(39)37-14-6-7-22(37)18-38-24-9-8-20(17-33-19-31(2,3)4)15-23(24)35-30(38)36-29(40)26-11-10-25(41-26)21-12-13-34-27(32)16-21/h5,8-13,15-16,22,33H,1,6-7,14,17-19H2,2-4H3,(H,35,36,40). The van der Waals surface area contributed by atoms with E-state index in [1.807, 2.05) is 21.6 Å². The van der Waals surface area contributed by atoms with Crippen LogP contribution >= 0.6 is 11.3 Å². The number of anilines is 1. The highest BCUT2D eigenvalue weighted by molar-refractivity contribution is 7.17. The van der Waals surface area contributed by atoms with Crippen molar-refractivity contribution >= 4 is 40.1 Å². The Morgan fingerprint density at radius 1 is 1.20 bits per heavy atom. The third-order valence-corrected chi connectivity index (χ3v) is 8.22. The predicted molar refractivity (Wildman–Crippen MR) is 161 cm³/mol. The monoisotopic (exact) mass is 574 g/mol. The molecule has 214 valence electrons. The first-order valence-corrected chi connectivity index (χ1v) is 14.6. The maximum Gasteiger partial charge on any atom is 0.268 e. The van der Waals surface area contributed by atoms with Crippen LogP contribution in [0, 0.1) is 11.4 Å². The predicted octanol–water partition coefficient (Wildman–Crippen LogP) is 5.86. The van der Waals surface area contributed by atoms with Gasteiger partial charge in [-0.2, -0.15) is 4.39 Å². The minimum Gasteiger partial charge on any atom is -0.334 e. The van der Waals surface area contributed by atoms with Crippen molar-refractivity contribution < 1.29 is 14.0 Å². The van der Waals surface area contributed by atoms with Crippen molar-refractivity contribution in [2.75, 3.05) is 18.4 Å². The highest BCUT2D eigenvalue weighted by atomic mass is 32.1. The van der Waals surface area contributed by atoms with Crippen molar-refractivity contribution in [1.29, 1.82) is 0 Å². The summed E-state index contributed by atoms with van der Waals surface area (Å²) in [4.78, 5) is 37.4. The number of benzene rings is 1. The molecule has 1 unspecified atom stereocenters. The van der Waals surface area contributed by atoms with E-state index < -0.39 is 5.95 Å². The van der Waals surface area contributed by atoms with Crippen molar-refractivity contribution in [1.82, 2.24) is 24.8 Å². The third kappa shape index (κ3) is 6.71. The lowest BCUT2D eigenvalue weighted by atomic mass is 9.97. The van der Waals surface area contributed by atoms with Crippen molar-refractivity contribution in [3.05, 3.63) is 77.7 Å². The molecule has 1 aliphatic heterocycles. The molecule has 1 atom stereocenters. The van der Waals surface area contributed by atoms with Crippen LogP contribution in [0.25, 0.3) is 21.5 Å². The van der Waals surface area contributed by atoms with Gasteiger partial charge in [-0.25, -0.2) is 9.97 Å². The largest absolute Gasteiger partial charge is 0.334 e. The third-order valence-electron chi connectivity index (χ3n) is 7.09. The Morgan fingerprint density at radius 3 is 2.78 bits per heavy atom. The molecule has 4 heterocycles. The van der Waals surface area contributed by atoms with Gasteiger partial charge in [0.15, 0.2) is 0 Å². The van der Waals surface area contributed by atoms with Crippen LogP contribution in [0.1, 0.15) is 48.8 Å². The Kier molecular flexibility index (Phi) is 8.32. The number of amides is 2. The number of hydrogen-bond donors (Lipinski definition) is 2. The molecule has 3 aromatic heterocycles. The van der Waals surface area contributed by atoms with Gasteiger partial charge in [-0.1, -0.05) is 33.4 Å². The van der Waals surface area contributed by atoms with E-state index in [0.29, 0.717) is 36.0 Å². The van der Waals surface area contributed by atoms with Gasteiger partial charge in [-0.05, 0) is 65.8 Å². The zero-order valence-corrected chi connectivity index (χ0v) is 24.4. The average molecular weight is 575 g/mol. The number of rotatable bonds is 9. The van der Waals surface area contributed by atoms with E-state index in [0.717, 1.165) is 40.9 Å². The molecule has 4 aromatic rings. The number of aromatic nitrogens is 3. The number of halogens is 1. The van der Waals surface area contributed by atoms with E-state index in [1.165, 1.54) is 29.7 Å². The highest BCUT2D eigenvalue weighted by Crippen LogP contribution is 2.30. The van der Waals surface area contributed by atoms with Gasteiger partial charge >= 0.3 is 0 Å². The SMILES string of the molecule is C=CC(=O)N1CCCC1Cn1c(NC(=O)c2ccc(-c3ccnc(F)c3)s2)nc2cc(CNCC(C)(C)C)ccc21. The molecule has 0 aliphatic carbocycles. The van der Waals surface area contributed by atoms with Crippen molar-refractivity contribution in [3.63, 3.8) is 0 Å². The lowest BCUT2D eigenvalue weighted by molar-refractivity contribution is -0.126. The Hall–Kier alpha value is -3.89. The van der Waals surface area contributed by atoms with E-state index >= 15 is 0 Å². The van der Waals surface area contributed by atoms with Crippen LogP contribution in [0.2, 0.25) is 0 Å². The van der Waals surface area contributed by atoms with Gasteiger partial charge in [0.05, 0.1) is 22.0 Å². The first-order chi connectivity index (χ1) is 19.6. The molecule has 41 heavy (non-hydrogen) atoms. The molecule has 0 spiro atoms. The van der Waals surface area contributed by atoms with E-state index in [9.17, 15) is 14.0 Å². The molecule has 0 bridgehead atoms. The van der Waals surface area contributed by atoms with Crippen LogP contribution in [0.3, 0.4) is 0 Å². The Bertz CT molecular complexity index is 1590. The summed E-state index contributed by atoms with van der Waals surface area (Å²) in [5, 5.41) is 6.50. The number of hydrogen-bond acceptors (Lipinski definition) is 6. The Morgan fingerprint density at radius 2 is 2.02 bits per heavy atom. The fraction of sp³-hybridized carbons (Fsp3) is 0.355. The summed E-state index contributed by atoms with van der Waals surface area (Å²) < 4.78 is 15.6. The molecule has 1 saturated heterocycles. The van der Waals surface area contributed by atoms with Gasteiger partial charge < -0.3 is 14.8 Å². The molecule has 1 aliphatic rings. The van der Waals surface area contributed by atoms with Gasteiger partial charge in [0.1, 0.15) is 0 Å². The lowest BCUT2D eigenvalue weighted by Crippen LogP contribution is -2.37. The molecule has 1 fully saturated rings. The Balaban J connectivity index is 1.43. The molecule has 0 saturated carbocycles. The minimum absolute atomic E-state index is 0.0309. The number of pyridine rings is 1. The average Bonchev–Trinajstić information content (AvgIpc) is 3.67. The maximum atomic E-state index is 13.6. The summed E-state index contributed by atoms with van der Waals surface area (Å²) >= 11 is 1.27. The van der Waals surface area contributed by atoms with E-state index in [1.54, 1.807) is 18.2 Å². The number of carbonyl (C=O) groups is 2. The van der Waals surface area contributed by atoms with Crippen LogP contribution in [0.4, 0.5) is 10.3 Å². The fourth-order valence-corrected chi connectivity index (χ4v) is 6.02. The molecule has 8 nitrogen and oxygen atoms in total. The second-order valence-corrected chi connectivity index (χ2v) is 12.6. The van der Waals surface area contributed by atoms with Crippen LogP contribution in [0.15, 0.2) is 61.3 Å². The molecule has 5 rings (SSSR count). The Labute approximate surface area is 243 Å². The smallest absolute Gasteiger partial charge is 0.268 e. The lowest BCUT2D eigenvalue weighted by Gasteiger charge is -2.24. The number of fused-ring (bicyclic) bond motifs is 1. The molecule has 0 radical (unpaired) electrons. The molecule has 2 amide bonds. The van der Waals surface area contributed by atoms with Crippen LogP contribution < -0.4 is 10.6 Å². The second-order valence-electron chi connectivity index (χ2n) is 11.6. The van der Waals surface area contributed by atoms with Gasteiger partial charge in [0.25, 0.3) is 5.91 Å². The quantitative estimate of drug-likeness (QED) is 0.193. The summed E-state index contributed by atoms with van der Waals surface area (Å²) in [5.41, 5.74) is 3.59. The number of thiophene rings is 1. The van der Waals surface area contributed by atoms with Gasteiger partial charge in [-0.15, -0.1) is 11.3 Å². The fourth-order valence-electron chi connectivity index (χ4n) is 5.12. The van der Waals surface area contributed by atoms with Gasteiger partial charge in [0, 0.05) is 43.3 Å². The molecule has 2 N–H and O–H groups in total. The number of nitrogens with one attached hydrogen (secondary N) is 2. The van der Waals surface area contributed by atoms with Gasteiger partial charge in [-0.3, -0.25) is 14.9 Å². The van der Waals surface area contributed by atoms with E-state index in [2.05, 4.69) is 49.0 Å².